The van der Waals surface area contributed by atoms with Crippen LogP contribution in [0, 0.1) is 0 Å². The summed E-state index contributed by atoms with van der Waals surface area (Å²) in [6.07, 6.45) is 2.10. The van der Waals surface area contributed by atoms with Crippen molar-refractivity contribution < 1.29 is 29.4 Å². The summed E-state index contributed by atoms with van der Waals surface area (Å²) in [5, 5.41) is 26.4. The summed E-state index contributed by atoms with van der Waals surface area (Å²) in [5.74, 6) is -2.34. The van der Waals surface area contributed by atoms with Crippen LogP contribution < -0.4 is 21.7 Å². The van der Waals surface area contributed by atoms with Gasteiger partial charge in [0, 0.05) is 12.2 Å². The zero-order valence-electron chi connectivity index (χ0n) is 17.9. The van der Waals surface area contributed by atoms with Crippen molar-refractivity contribution in [2.75, 3.05) is 17.8 Å². The van der Waals surface area contributed by atoms with Crippen molar-refractivity contribution in [1.29, 1.82) is 0 Å². The molecular formula is C20H30N4O6S2. The Balaban J connectivity index is 2.83. The SMILES string of the molecule is CSCCC(NC(=O)C(C)NC(=O)C(N)CS)C(=O)NC(Cc1ccc(O)cc1)C(=O)O. The minimum Gasteiger partial charge on any atom is -0.508 e. The minimum absolute atomic E-state index is 0.00137. The van der Waals surface area contributed by atoms with Crippen LogP contribution in [0.1, 0.15) is 18.9 Å². The molecule has 4 unspecified atom stereocenters. The van der Waals surface area contributed by atoms with Gasteiger partial charge in [0.25, 0.3) is 0 Å². The average molecular weight is 487 g/mol. The van der Waals surface area contributed by atoms with Gasteiger partial charge in [-0.1, -0.05) is 12.1 Å². The average Bonchev–Trinajstić information content (AvgIpc) is 2.76. The number of thioether (sulfide) groups is 1. The number of amides is 3. The van der Waals surface area contributed by atoms with Gasteiger partial charge in [-0.3, -0.25) is 14.4 Å². The number of carboxylic acids is 1. The maximum atomic E-state index is 12.8. The molecule has 0 radical (unpaired) electrons. The molecular weight excluding hydrogens is 456 g/mol. The molecule has 0 fully saturated rings. The Morgan fingerprint density at radius 3 is 2.16 bits per heavy atom. The zero-order valence-corrected chi connectivity index (χ0v) is 19.6. The fourth-order valence-electron chi connectivity index (χ4n) is 2.61. The Bertz CT molecular complexity index is 793. The van der Waals surface area contributed by atoms with Crippen molar-refractivity contribution in [3.8, 4) is 5.75 Å². The Hall–Kier alpha value is -2.44. The molecule has 10 nitrogen and oxygen atoms in total. The lowest BCUT2D eigenvalue weighted by molar-refractivity contribution is -0.142. The molecule has 0 heterocycles. The predicted octanol–water partition coefficient (Wildman–Crippen LogP) is -0.496. The molecule has 0 aliphatic rings. The lowest BCUT2D eigenvalue weighted by Gasteiger charge is -2.23. The van der Waals surface area contributed by atoms with Crippen LogP contribution in [0.15, 0.2) is 24.3 Å². The van der Waals surface area contributed by atoms with Crippen LogP contribution >= 0.6 is 24.4 Å². The topological polar surface area (TPSA) is 171 Å². The lowest BCUT2D eigenvalue weighted by atomic mass is 10.0. The first-order valence-electron chi connectivity index (χ1n) is 9.86. The van der Waals surface area contributed by atoms with E-state index >= 15 is 0 Å². The molecule has 0 bridgehead atoms. The quantitative estimate of drug-likeness (QED) is 0.183. The molecule has 3 amide bonds. The van der Waals surface area contributed by atoms with E-state index in [2.05, 4.69) is 28.6 Å². The van der Waals surface area contributed by atoms with E-state index in [-0.39, 0.29) is 24.3 Å². The number of thiol groups is 1. The van der Waals surface area contributed by atoms with Gasteiger partial charge in [0.2, 0.25) is 17.7 Å². The van der Waals surface area contributed by atoms with E-state index in [4.69, 9.17) is 5.73 Å². The van der Waals surface area contributed by atoms with Crippen LogP contribution in [0.5, 0.6) is 5.75 Å². The minimum atomic E-state index is -1.23. The predicted molar refractivity (Wildman–Crippen MR) is 126 cm³/mol. The van der Waals surface area contributed by atoms with Gasteiger partial charge in [-0.2, -0.15) is 24.4 Å². The fourth-order valence-corrected chi connectivity index (χ4v) is 3.25. The molecule has 0 aliphatic heterocycles. The Morgan fingerprint density at radius 2 is 1.62 bits per heavy atom. The summed E-state index contributed by atoms with van der Waals surface area (Å²) in [5.41, 5.74) is 6.19. The number of aliphatic carboxylic acids is 1. The highest BCUT2D eigenvalue weighted by Crippen LogP contribution is 2.12. The van der Waals surface area contributed by atoms with Crippen molar-refractivity contribution in [2.45, 2.75) is 43.9 Å². The second-order valence-corrected chi connectivity index (χ2v) is 8.48. The van der Waals surface area contributed by atoms with Crippen molar-refractivity contribution in [3.05, 3.63) is 29.8 Å². The molecule has 12 heteroatoms. The summed E-state index contributed by atoms with van der Waals surface area (Å²) in [4.78, 5) is 48.8. The summed E-state index contributed by atoms with van der Waals surface area (Å²) < 4.78 is 0. The number of hydrogen-bond acceptors (Lipinski definition) is 8. The summed E-state index contributed by atoms with van der Waals surface area (Å²) in [6.45, 7) is 1.45. The summed E-state index contributed by atoms with van der Waals surface area (Å²) >= 11 is 5.40. The monoisotopic (exact) mass is 486 g/mol. The van der Waals surface area contributed by atoms with Gasteiger partial charge >= 0.3 is 5.97 Å². The molecule has 0 spiro atoms. The number of nitrogens with two attached hydrogens (primary N) is 1. The molecule has 0 aliphatic carbocycles. The zero-order chi connectivity index (χ0) is 24.3. The van der Waals surface area contributed by atoms with Crippen molar-refractivity contribution in [1.82, 2.24) is 16.0 Å². The van der Waals surface area contributed by atoms with Gasteiger partial charge in [-0.05, 0) is 43.0 Å². The largest absolute Gasteiger partial charge is 0.508 e. The molecule has 0 aromatic heterocycles. The number of hydrogen-bond donors (Lipinski definition) is 7. The number of aromatic hydroxyl groups is 1. The van der Waals surface area contributed by atoms with Crippen LogP contribution in [-0.4, -0.2) is 75.8 Å². The van der Waals surface area contributed by atoms with Gasteiger partial charge in [0.15, 0.2) is 0 Å². The fraction of sp³-hybridized carbons (Fsp3) is 0.500. The number of benzene rings is 1. The molecule has 32 heavy (non-hydrogen) atoms. The number of nitrogens with one attached hydrogen (secondary N) is 3. The Labute approximate surface area is 196 Å². The highest BCUT2D eigenvalue weighted by molar-refractivity contribution is 7.98. The second kappa shape index (κ2) is 13.9. The normalized spacial score (nSPS) is 14.5. The number of phenolic OH excluding ortho intramolecular Hbond substituents is 1. The first-order valence-corrected chi connectivity index (χ1v) is 11.9. The third-order valence-corrected chi connectivity index (χ3v) is 5.56. The van der Waals surface area contributed by atoms with Crippen molar-refractivity contribution >= 4 is 48.1 Å². The van der Waals surface area contributed by atoms with Crippen LogP contribution in [0.4, 0.5) is 0 Å². The highest BCUT2D eigenvalue weighted by atomic mass is 32.2. The maximum Gasteiger partial charge on any atom is 0.326 e. The molecule has 0 saturated carbocycles. The van der Waals surface area contributed by atoms with Gasteiger partial charge < -0.3 is 31.9 Å². The van der Waals surface area contributed by atoms with E-state index in [0.29, 0.717) is 11.3 Å². The number of rotatable bonds is 13. The van der Waals surface area contributed by atoms with Crippen LogP contribution in [0.25, 0.3) is 0 Å². The van der Waals surface area contributed by atoms with Crippen LogP contribution in [-0.2, 0) is 25.6 Å². The first kappa shape index (κ1) is 27.6. The van der Waals surface area contributed by atoms with Gasteiger partial charge in [-0.25, -0.2) is 4.79 Å². The molecule has 0 saturated heterocycles. The Kier molecular flexibility index (Phi) is 12.0. The molecule has 7 N–H and O–H groups in total. The van der Waals surface area contributed by atoms with E-state index in [1.165, 1.54) is 30.8 Å². The number of carboxylic acid groups (broad SMARTS) is 1. The van der Waals surface area contributed by atoms with E-state index in [1.54, 1.807) is 12.1 Å². The van der Waals surface area contributed by atoms with E-state index < -0.39 is 47.9 Å². The number of phenols is 1. The maximum absolute atomic E-state index is 12.8. The van der Waals surface area contributed by atoms with Gasteiger partial charge in [0.05, 0.1) is 6.04 Å². The van der Waals surface area contributed by atoms with E-state index in [9.17, 15) is 29.4 Å². The Morgan fingerprint density at radius 1 is 1.03 bits per heavy atom. The second-order valence-electron chi connectivity index (χ2n) is 7.13. The molecule has 1 rings (SSSR count). The molecule has 1 aromatic carbocycles. The summed E-state index contributed by atoms with van der Waals surface area (Å²) in [6, 6.07) is 1.92. The number of carbonyl (C=O) groups excluding carboxylic acids is 3. The highest BCUT2D eigenvalue weighted by Gasteiger charge is 2.28. The van der Waals surface area contributed by atoms with Crippen molar-refractivity contribution in [2.24, 2.45) is 5.73 Å². The first-order chi connectivity index (χ1) is 15.1. The van der Waals surface area contributed by atoms with E-state index in [0.717, 1.165) is 0 Å². The smallest absolute Gasteiger partial charge is 0.326 e. The number of carbonyl (C=O) groups is 4. The molecule has 4 atom stereocenters. The third-order valence-electron chi connectivity index (χ3n) is 4.52. The molecule has 1 aromatic rings. The standard InChI is InChI=1S/C20H30N4O6S2/c1-11(22-18(27)14(21)10-31)17(26)23-15(7-8-32-2)19(28)24-16(20(29)30)9-12-3-5-13(25)6-4-12/h3-6,11,14-16,25,31H,7-10,21H2,1-2H3,(H,22,27)(H,23,26)(H,24,28)(H,29,30). The van der Waals surface area contributed by atoms with Gasteiger partial charge in [0.1, 0.15) is 23.9 Å². The van der Waals surface area contributed by atoms with Gasteiger partial charge in [-0.15, -0.1) is 0 Å². The lowest BCUT2D eigenvalue weighted by Crippen LogP contribution is -2.56. The van der Waals surface area contributed by atoms with Crippen LogP contribution in [0.2, 0.25) is 0 Å². The van der Waals surface area contributed by atoms with Crippen molar-refractivity contribution in [3.63, 3.8) is 0 Å². The molecule has 178 valence electrons. The summed E-state index contributed by atoms with van der Waals surface area (Å²) in [7, 11) is 0. The third kappa shape index (κ3) is 9.37. The van der Waals surface area contributed by atoms with E-state index in [1.807, 2.05) is 6.26 Å². The van der Waals surface area contributed by atoms with Crippen LogP contribution in [0.3, 0.4) is 0 Å².